The highest BCUT2D eigenvalue weighted by molar-refractivity contribution is 5.10. The van der Waals surface area contributed by atoms with Crippen molar-refractivity contribution in [2.75, 3.05) is 0 Å². The van der Waals surface area contributed by atoms with Gasteiger partial charge in [-0.3, -0.25) is 0 Å². The van der Waals surface area contributed by atoms with Gasteiger partial charge in [0.1, 0.15) is 5.82 Å². The first kappa shape index (κ1) is 9.26. The van der Waals surface area contributed by atoms with Crippen LogP contribution in [-0.4, -0.2) is 9.55 Å². The van der Waals surface area contributed by atoms with Gasteiger partial charge >= 0.3 is 0 Å². The second kappa shape index (κ2) is 2.90. The Morgan fingerprint density at radius 2 is 2.08 bits per heavy atom. The Bertz CT molecular complexity index is 268. The lowest BCUT2D eigenvalue weighted by molar-refractivity contribution is 0.522. The maximum absolute atomic E-state index is 5.50. The molecule has 68 valence electrons. The fourth-order valence-electron chi connectivity index (χ4n) is 1.32. The monoisotopic (exact) mass is 167 g/mol. The van der Waals surface area contributed by atoms with Crippen LogP contribution in [0.15, 0.2) is 6.20 Å². The van der Waals surface area contributed by atoms with Gasteiger partial charge in [0.2, 0.25) is 0 Å². The molecule has 3 heteroatoms. The van der Waals surface area contributed by atoms with Gasteiger partial charge in [0, 0.05) is 25.2 Å². The summed E-state index contributed by atoms with van der Waals surface area (Å²) in [6, 6.07) is 0. The Labute approximate surface area is 73.6 Å². The summed E-state index contributed by atoms with van der Waals surface area (Å²) in [5.41, 5.74) is 6.56. The van der Waals surface area contributed by atoms with Crippen LogP contribution in [0.4, 0.5) is 0 Å². The van der Waals surface area contributed by atoms with Crippen molar-refractivity contribution in [1.82, 2.24) is 9.55 Å². The highest BCUT2D eigenvalue weighted by Crippen LogP contribution is 2.20. The van der Waals surface area contributed by atoms with E-state index in [-0.39, 0.29) is 5.41 Å². The van der Waals surface area contributed by atoms with E-state index in [1.807, 2.05) is 17.8 Å². The van der Waals surface area contributed by atoms with E-state index in [0.29, 0.717) is 6.54 Å². The van der Waals surface area contributed by atoms with E-state index in [9.17, 15) is 0 Å². The number of rotatable bonds is 1. The molecule has 0 saturated heterocycles. The predicted molar refractivity (Wildman–Crippen MR) is 49.8 cm³/mol. The molecule has 0 radical (unpaired) electrons. The molecule has 0 amide bonds. The number of nitrogens with zero attached hydrogens (tertiary/aromatic N) is 2. The molecule has 1 heterocycles. The Hall–Kier alpha value is -0.830. The van der Waals surface area contributed by atoms with Crippen molar-refractivity contribution in [3.05, 3.63) is 17.7 Å². The second-order valence-electron chi connectivity index (χ2n) is 4.12. The first-order chi connectivity index (χ1) is 5.45. The van der Waals surface area contributed by atoms with Gasteiger partial charge in [0.15, 0.2) is 0 Å². The minimum absolute atomic E-state index is 0.0994. The molecule has 0 bridgehead atoms. The zero-order valence-corrected chi connectivity index (χ0v) is 8.26. The SMILES string of the molecule is Cn1cc(CN)nc1C(C)(C)C. The van der Waals surface area contributed by atoms with Crippen molar-refractivity contribution in [1.29, 1.82) is 0 Å². The molecule has 1 rings (SSSR count). The molecule has 0 fully saturated rings. The molecule has 0 atom stereocenters. The quantitative estimate of drug-likeness (QED) is 0.682. The van der Waals surface area contributed by atoms with Crippen molar-refractivity contribution in [3.8, 4) is 0 Å². The Morgan fingerprint density at radius 1 is 1.50 bits per heavy atom. The van der Waals surface area contributed by atoms with Crippen LogP contribution < -0.4 is 5.73 Å². The molecule has 0 saturated carbocycles. The third-order valence-corrected chi connectivity index (χ3v) is 1.81. The molecule has 0 spiro atoms. The largest absolute Gasteiger partial charge is 0.337 e. The lowest BCUT2D eigenvalue weighted by atomic mass is 9.96. The van der Waals surface area contributed by atoms with Gasteiger partial charge in [-0.05, 0) is 0 Å². The van der Waals surface area contributed by atoms with Crippen molar-refractivity contribution in [2.24, 2.45) is 12.8 Å². The van der Waals surface area contributed by atoms with E-state index in [0.717, 1.165) is 11.5 Å². The minimum Gasteiger partial charge on any atom is -0.337 e. The van der Waals surface area contributed by atoms with Crippen LogP contribution in [0.3, 0.4) is 0 Å². The molecule has 0 aliphatic carbocycles. The number of imidazole rings is 1. The van der Waals surface area contributed by atoms with Crippen LogP contribution >= 0.6 is 0 Å². The number of hydrogen-bond donors (Lipinski definition) is 1. The molecular weight excluding hydrogens is 150 g/mol. The normalized spacial score (nSPS) is 12.1. The fraction of sp³-hybridized carbons (Fsp3) is 0.667. The molecule has 2 N–H and O–H groups in total. The van der Waals surface area contributed by atoms with Crippen LogP contribution in [0.25, 0.3) is 0 Å². The van der Waals surface area contributed by atoms with Crippen molar-refractivity contribution < 1.29 is 0 Å². The summed E-state index contributed by atoms with van der Waals surface area (Å²) < 4.78 is 2.04. The molecule has 0 aromatic carbocycles. The van der Waals surface area contributed by atoms with E-state index in [4.69, 9.17) is 5.73 Å². The zero-order chi connectivity index (χ0) is 9.35. The summed E-state index contributed by atoms with van der Waals surface area (Å²) in [6.45, 7) is 6.96. The van der Waals surface area contributed by atoms with E-state index in [1.54, 1.807) is 0 Å². The van der Waals surface area contributed by atoms with Gasteiger partial charge in [-0.2, -0.15) is 0 Å². The number of hydrogen-bond acceptors (Lipinski definition) is 2. The molecule has 0 aliphatic heterocycles. The fourth-order valence-corrected chi connectivity index (χ4v) is 1.32. The summed E-state index contributed by atoms with van der Waals surface area (Å²) in [4.78, 5) is 4.44. The summed E-state index contributed by atoms with van der Waals surface area (Å²) in [5, 5.41) is 0. The van der Waals surface area contributed by atoms with Gasteiger partial charge in [0.05, 0.1) is 5.69 Å². The number of aryl methyl sites for hydroxylation is 1. The number of aromatic nitrogens is 2. The maximum Gasteiger partial charge on any atom is 0.114 e. The summed E-state index contributed by atoms with van der Waals surface area (Å²) in [6.07, 6.45) is 1.99. The Morgan fingerprint density at radius 3 is 2.33 bits per heavy atom. The van der Waals surface area contributed by atoms with Crippen LogP contribution in [-0.2, 0) is 19.0 Å². The second-order valence-corrected chi connectivity index (χ2v) is 4.12. The summed E-state index contributed by atoms with van der Waals surface area (Å²) in [7, 11) is 2.01. The average molecular weight is 167 g/mol. The Balaban J connectivity index is 3.08. The molecule has 0 aliphatic rings. The van der Waals surface area contributed by atoms with Crippen molar-refractivity contribution >= 4 is 0 Å². The van der Waals surface area contributed by atoms with E-state index >= 15 is 0 Å². The number of nitrogens with two attached hydrogens (primary N) is 1. The standard InChI is InChI=1S/C9H17N3/c1-9(2,3)8-11-7(5-10)6-12(8)4/h6H,5,10H2,1-4H3. The molecule has 1 aromatic rings. The van der Waals surface area contributed by atoms with E-state index in [2.05, 4.69) is 25.8 Å². The molecule has 1 aromatic heterocycles. The van der Waals surface area contributed by atoms with Crippen LogP contribution in [0, 0.1) is 0 Å². The average Bonchev–Trinajstić information content (AvgIpc) is 2.29. The molecule has 12 heavy (non-hydrogen) atoms. The highest BCUT2D eigenvalue weighted by atomic mass is 15.1. The molecule has 3 nitrogen and oxygen atoms in total. The molecule has 0 unspecified atom stereocenters. The lowest BCUT2D eigenvalue weighted by Gasteiger charge is -2.17. The van der Waals surface area contributed by atoms with E-state index in [1.165, 1.54) is 0 Å². The van der Waals surface area contributed by atoms with Gasteiger partial charge in [-0.15, -0.1) is 0 Å². The van der Waals surface area contributed by atoms with Crippen LogP contribution in [0.5, 0.6) is 0 Å². The lowest BCUT2D eigenvalue weighted by Crippen LogP contribution is -2.17. The summed E-state index contributed by atoms with van der Waals surface area (Å²) >= 11 is 0. The van der Waals surface area contributed by atoms with Crippen molar-refractivity contribution in [3.63, 3.8) is 0 Å². The first-order valence-electron chi connectivity index (χ1n) is 4.18. The third kappa shape index (κ3) is 1.67. The first-order valence-corrected chi connectivity index (χ1v) is 4.18. The minimum atomic E-state index is 0.0994. The third-order valence-electron chi connectivity index (χ3n) is 1.81. The van der Waals surface area contributed by atoms with Crippen molar-refractivity contribution in [2.45, 2.75) is 32.7 Å². The zero-order valence-electron chi connectivity index (χ0n) is 8.26. The van der Waals surface area contributed by atoms with Gasteiger partial charge in [-0.1, -0.05) is 20.8 Å². The van der Waals surface area contributed by atoms with Crippen LogP contribution in [0.1, 0.15) is 32.3 Å². The molecular formula is C9H17N3. The predicted octanol–water partition coefficient (Wildman–Crippen LogP) is 1.18. The Kier molecular flexibility index (Phi) is 2.24. The van der Waals surface area contributed by atoms with Gasteiger partial charge in [-0.25, -0.2) is 4.98 Å². The highest BCUT2D eigenvalue weighted by Gasteiger charge is 2.19. The van der Waals surface area contributed by atoms with Gasteiger partial charge < -0.3 is 10.3 Å². The maximum atomic E-state index is 5.50. The topological polar surface area (TPSA) is 43.8 Å². The smallest absolute Gasteiger partial charge is 0.114 e. The van der Waals surface area contributed by atoms with Crippen LogP contribution in [0.2, 0.25) is 0 Å². The summed E-state index contributed by atoms with van der Waals surface area (Å²) in [5.74, 6) is 1.09. The van der Waals surface area contributed by atoms with Gasteiger partial charge in [0.25, 0.3) is 0 Å². The van der Waals surface area contributed by atoms with E-state index < -0.39 is 0 Å².